The summed E-state index contributed by atoms with van der Waals surface area (Å²) in [5.41, 5.74) is 4.28. The van der Waals surface area contributed by atoms with Crippen molar-refractivity contribution in [3.63, 3.8) is 0 Å². The van der Waals surface area contributed by atoms with Gasteiger partial charge in [0.15, 0.2) is 5.75 Å². The van der Waals surface area contributed by atoms with Crippen molar-refractivity contribution in [1.29, 1.82) is 5.26 Å². The SMILES string of the molecule is N#Cc1cc(C(F)(F)F)ccc1Oc1cccc(O)c1N. The zero-order chi connectivity index (χ0) is 15.6. The van der Waals surface area contributed by atoms with Gasteiger partial charge in [-0.3, -0.25) is 0 Å². The molecule has 21 heavy (non-hydrogen) atoms. The van der Waals surface area contributed by atoms with Crippen molar-refractivity contribution >= 4 is 5.69 Å². The van der Waals surface area contributed by atoms with Crippen LogP contribution in [-0.2, 0) is 6.18 Å². The van der Waals surface area contributed by atoms with Gasteiger partial charge in [0.05, 0.1) is 11.1 Å². The molecule has 0 radical (unpaired) electrons. The van der Waals surface area contributed by atoms with Crippen LogP contribution in [0.3, 0.4) is 0 Å². The van der Waals surface area contributed by atoms with E-state index in [1.165, 1.54) is 18.2 Å². The number of halogens is 3. The van der Waals surface area contributed by atoms with E-state index in [0.717, 1.165) is 12.1 Å². The summed E-state index contributed by atoms with van der Waals surface area (Å²) in [5, 5.41) is 18.4. The molecule has 0 aromatic heterocycles. The number of alkyl halides is 3. The molecule has 0 aliphatic heterocycles. The van der Waals surface area contributed by atoms with E-state index in [4.69, 9.17) is 15.7 Å². The molecule has 2 rings (SSSR count). The lowest BCUT2D eigenvalue weighted by Gasteiger charge is -2.12. The summed E-state index contributed by atoms with van der Waals surface area (Å²) in [4.78, 5) is 0. The first kappa shape index (κ1) is 14.5. The van der Waals surface area contributed by atoms with Crippen LogP contribution in [0.5, 0.6) is 17.2 Å². The second-order valence-corrected chi connectivity index (χ2v) is 4.11. The van der Waals surface area contributed by atoms with Gasteiger partial charge in [-0.15, -0.1) is 0 Å². The minimum Gasteiger partial charge on any atom is -0.506 e. The first-order chi connectivity index (χ1) is 9.82. The first-order valence-electron chi connectivity index (χ1n) is 5.69. The fraction of sp³-hybridized carbons (Fsp3) is 0.0714. The Morgan fingerprint density at radius 1 is 1.14 bits per heavy atom. The van der Waals surface area contributed by atoms with Crippen LogP contribution in [-0.4, -0.2) is 5.11 Å². The third-order valence-electron chi connectivity index (χ3n) is 2.69. The summed E-state index contributed by atoms with van der Waals surface area (Å²) in [6.45, 7) is 0. The van der Waals surface area contributed by atoms with Gasteiger partial charge in [-0.1, -0.05) is 6.07 Å². The predicted octanol–water partition coefficient (Wildman–Crippen LogP) is 3.66. The molecule has 4 nitrogen and oxygen atoms in total. The number of nitrogens with zero attached hydrogens (tertiary/aromatic N) is 1. The molecule has 0 atom stereocenters. The van der Waals surface area contributed by atoms with Gasteiger partial charge >= 0.3 is 6.18 Å². The highest BCUT2D eigenvalue weighted by Crippen LogP contribution is 2.37. The average Bonchev–Trinajstić information content (AvgIpc) is 2.43. The minimum absolute atomic E-state index is 0.0475. The molecule has 0 amide bonds. The van der Waals surface area contributed by atoms with Crippen molar-refractivity contribution in [2.75, 3.05) is 5.73 Å². The first-order valence-corrected chi connectivity index (χ1v) is 5.69. The van der Waals surface area contributed by atoms with E-state index in [9.17, 15) is 18.3 Å². The number of nitrogen functional groups attached to an aromatic ring is 1. The van der Waals surface area contributed by atoms with Crippen LogP contribution in [0, 0.1) is 11.3 Å². The Morgan fingerprint density at radius 2 is 1.86 bits per heavy atom. The van der Waals surface area contributed by atoms with Gasteiger partial charge in [0.25, 0.3) is 0 Å². The number of ether oxygens (including phenoxy) is 1. The normalized spacial score (nSPS) is 11.0. The van der Waals surface area contributed by atoms with Crippen molar-refractivity contribution in [3.8, 4) is 23.3 Å². The molecule has 0 unspecified atom stereocenters. The Bertz CT molecular complexity index is 721. The number of nitrogens with two attached hydrogens (primary N) is 1. The summed E-state index contributed by atoms with van der Waals surface area (Å²) < 4.78 is 43.0. The average molecular weight is 294 g/mol. The Balaban J connectivity index is 2.42. The molecule has 2 aromatic rings. The van der Waals surface area contributed by atoms with Gasteiger partial charge in [-0.05, 0) is 30.3 Å². The van der Waals surface area contributed by atoms with Gasteiger partial charge in [0.2, 0.25) is 0 Å². The number of hydrogen-bond donors (Lipinski definition) is 2. The number of para-hydroxylation sites is 1. The Morgan fingerprint density at radius 3 is 2.48 bits per heavy atom. The van der Waals surface area contributed by atoms with E-state index in [1.54, 1.807) is 6.07 Å². The molecule has 0 aliphatic carbocycles. The third-order valence-corrected chi connectivity index (χ3v) is 2.69. The molecule has 0 fully saturated rings. The number of nitriles is 1. The van der Waals surface area contributed by atoms with Crippen molar-refractivity contribution < 1.29 is 23.0 Å². The summed E-state index contributed by atoms with van der Waals surface area (Å²) in [7, 11) is 0. The Labute approximate surface area is 117 Å². The maximum Gasteiger partial charge on any atom is 0.416 e. The van der Waals surface area contributed by atoms with E-state index in [-0.39, 0.29) is 28.5 Å². The van der Waals surface area contributed by atoms with Gasteiger partial charge in [0, 0.05) is 0 Å². The third kappa shape index (κ3) is 3.00. The number of hydrogen-bond acceptors (Lipinski definition) is 4. The minimum atomic E-state index is -4.55. The van der Waals surface area contributed by atoms with E-state index in [0.29, 0.717) is 6.07 Å². The lowest BCUT2D eigenvalue weighted by Crippen LogP contribution is -2.05. The number of anilines is 1. The fourth-order valence-corrected chi connectivity index (χ4v) is 1.62. The molecule has 0 aliphatic rings. The van der Waals surface area contributed by atoms with Gasteiger partial charge in [-0.2, -0.15) is 18.4 Å². The number of phenols is 1. The highest BCUT2D eigenvalue weighted by atomic mass is 19.4. The molecule has 0 bridgehead atoms. The van der Waals surface area contributed by atoms with Crippen molar-refractivity contribution in [2.45, 2.75) is 6.18 Å². The van der Waals surface area contributed by atoms with Crippen LogP contribution < -0.4 is 10.5 Å². The number of aromatic hydroxyl groups is 1. The summed E-state index contributed by atoms with van der Waals surface area (Å²) in [5.74, 6) is -0.257. The van der Waals surface area contributed by atoms with Gasteiger partial charge in [0.1, 0.15) is 23.3 Å². The second kappa shape index (κ2) is 5.25. The molecule has 0 saturated heterocycles. The van der Waals surface area contributed by atoms with Crippen LogP contribution in [0.1, 0.15) is 11.1 Å². The molecular weight excluding hydrogens is 285 g/mol. The van der Waals surface area contributed by atoms with E-state index >= 15 is 0 Å². The van der Waals surface area contributed by atoms with Crippen molar-refractivity contribution in [2.24, 2.45) is 0 Å². The number of phenolic OH excluding ortho intramolecular Hbond substituents is 1. The van der Waals surface area contributed by atoms with Crippen LogP contribution in [0.15, 0.2) is 36.4 Å². The molecule has 2 aromatic carbocycles. The molecule has 0 heterocycles. The molecule has 0 spiro atoms. The fourth-order valence-electron chi connectivity index (χ4n) is 1.62. The topological polar surface area (TPSA) is 79.3 Å². The number of benzene rings is 2. The van der Waals surface area contributed by atoms with Gasteiger partial charge in [-0.25, -0.2) is 0 Å². The lowest BCUT2D eigenvalue weighted by molar-refractivity contribution is -0.137. The Hall–Kier alpha value is -2.88. The maximum absolute atomic E-state index is 12.6. The van der Waals surface area contributed by atoms with E-state index < -0.39 is 11.7 Å². The monoisotopic (exact) mass is 294 g/mol. The van der Waals surface area contributed by atoms with Crippen molar-refractivity contribution in [3.05, 3.63) is 47.5 Å². The number of rotatable bonds is 2. The summed E-state index contributed by atoms with van der Waals surface area (Å²) >= 11 is 0. The summed E-state index contributed by atoms with van der Waals surface area (Å²) in [6.07, 6.45) is -4.55. The lowest BCUT2D eigenvalue weighted by atomic mass is 10.1. The van der Waals surface area contributed by atoms with E-state index in [1.807, 2.05) is 0 Å². The molecular formula is C14H9F3N2O2. The quantitative estimate of drug-likeness (QED) is 0.654. The zero-order valence-electron chi connectivity index (χ0n) is 10.5. The largest absolute Gasteiger partial charge is 0.506 e. The smallest absolute Gasteiger partial charge is 0.416 e. The van der Waals surface area contributed by atoms with Crippen LogP contribution in [0.25, 0.3) is 0 Å². The second-order valence-electron chi connectivity index (χ2n) is 4.11. The highest BCUT2D eigenvalue weighted by Gasteiger charge is 2.31. The van der Waals surface area contributed by atoms with Crippen molar-refractivity contribution in [1.82, 2.24) is 0 Å². The van der Waals surface area contributed by atoms with Crippen LogP contribution in [0.2, 0.25) is 0 Å². The van der Waals surface area contributed by atoms with E-state index in [2.05, 4.69) is 0 Å². The summed E-state index contributed by atoms with van der Waals surface area (Å²) in [6, 6.07) is 8.37. The highest BCUT2D eigenvalue weighted by molar-refractivity contribution is 5.63. The van der Waals surface area contributed by atoms with Gasteiger partial charge < -0.3 is 15.6 Å². The molecule has 7 heteroatoms. The van der Waals surface area contributed by atoms with Crippen LogP contribution >= 0.6 is 0 Å². The maximum atomic E-state index is 12.6. The Kier molecular flexibility index (Phi) is 3.63. The molecule has 0 saturated carbocycles. The molecule has 108 valence electrons. The van der Waals surface area contributed by atoms with Crippen LogP contribution in [0.4, 0.5) is 18.9 Å². The standard InChI is InChI=1S/C14H9F3N2O2/c15-14(16,17)9-4-5-11(8(6-9)7-18)21-12-3-1-2-10(20)13(12)19/h1-6,20H,19H2. The predicted molar refractivity (Wildman–Crippen MR) is 68.8 cm³/mol. The molecule has 3 N–H and O–H groups in total. The zero-order valence-corrected chi connectivity index (χ0v) is 10.5.